The Balaban J connectivity index is 1.69. The molecule has 3 rings (SSSR count). The number of ether oxygens (including phenoxy) is 2. The van der Waals surface area contributed by atoms with Crippen molar-refractivity contribution in [3.63, 3.8) is 0 Å². The van der Waals surface area contributed by atoms with Crippen LogP contribution in [0.1, 0.15) is 42.3 Å². The van der Waals surface area contributed by atoms with Crippen molar-refractivity contribution in [3.8, 4) is 11.5 Å². The molecule has 0 aliphatic rings. The SMILES string of the molecule is CCOc1cc(C=NNC(=O)C(NC(=O)c2ccc(F)cc2)C(C)C)cc(I)c1OCc1ccc(Cl)cc1Cl. The largest absolute Gasteiger partial charge is 0.490 e. The Morgan fingerprint density at radius 3 is 2.44 bits per heavy atom. The van der Waals surface area contributed by atoms with Gasteiger partial charge in [-0.1, -0.05) is 43.1 Å². The molecule has 0 saturated heterocycles. The van der Waals surface area contributed by atoms with Gasteiger partial charge in [-0.2, -0.15) is 5.10 Å². The van der Waals surface area contributed by atoms with E-state index in [-0.39, 0.29) is 18.1 Å². The molecular formula is C28H27Cl2FIN3O4. The highest BCUT2D eigenvalue weighted by atomic mass is 127. The molecule has 1 unspecified atom stereocenters. The highest BCUT2D eigenvalue weighted by Gasteiger charge is 2.24. The van der Waals surface area contributed by atoms with E-state index in [9.17, 15) is 14.0 Å². The Morgan fingerprint density at radius 1 is 1.08 bits per heavy atom. The number of carbonyl (C=O) groups excluding carboxylic acids is 2. The van der Waals surface area contributed by atoms with E-state index in [1.54, 1.807) is 38.1 Å². The Kier molecular flexibility index (Phi) is 11.4. The molecule has 0 bridgehead atoms. The van der Waals surface area contributed by atoms with Gasteiger partial charge in [0.2, 0.25) is 0 Å². The van der Waals surface area contributed by atoms with E-state index >= 15 is 0 Å². The predicted octanol–water partition coefficient (Wildman–Crippen LogP) is 6.62. The van der Waals surface area contributed by atoms with Crippen LogP contribution in [-0.4, -0.2) is 30.7 Å². The lowest BCUT2D eigenvalue weighted by Gasteiger charge is -2.20. The standard InChI is InChI=1S/C28H27Cl2FIN3O4/c1-4-38-24-12-17(11-23(32)26(24)39-15-19-5-8-20(29)13-22(19)30)14-33-35-28(37)25(16(2)3)34-27(36)18-6-9-21(31)10-7-18/h5-14,16,25H,4,15H2,1-3H3,(H,34,36)(H,35,37). The molecule has 2 amide bonds. The van der Waals surface area contributed by atoms with Crippen molar-refractivity contribution < 1.29 is 23.5 Å². The maximum absolute atomic E-state index is 13.2. The molecule has 2 N–H and O–H groups in total. The molecule has 0 saturated carbocycles. The van der Waals surface area contributed by atoms with E-state index in [4.69, 9.17) is 32.7 Å². The molecular weight excluding hydrogens is 659 g/mol. The fourth-order valence-corrected chi connectivity index (χ4v) is 4.70. The van der Waals surface area contributed by atoms with Gasteiger partial charge in [-0.15, -0.1) is 0 Å². The first kappa shape index (κ1) is 30.6. The summed E-state index contributed by atoms with van der Waals surface area (Å²) in [6.45, 7) is 6.09. The summed E-state index contributed by atoms with van der Waals surface area (Å²) in [6, 6.07) is 13.0. The van der Waals surface area contributed by atoms with E-state index in [0.717, 1.165) is 9.13 Å². The van der Waals surface area contributed by atoms with Crippen molar-refractivity contribution in [2.45, 2.75) is 33.4 Å². The zero-order valence-corrected chi connectivity index (χ0v) is 25.1. The zero-order chi connectivity index (χ0) is 28.5. The number of carbonyl (C=O) groups is 2. The van der Waals surface area contributed by atoms with Gasteiger partial charge in [0.15, 0.2) is 11.5 Å². The fourth-order valence-electron chi connectivity index (χ4n) is 3.45. The molecule has 3 aromatic rings. The van der Waals surface area contributed by atoms with Crippen molar-refractivity contribution >= 4 is 63.8 Å². The van der Waals surface area contributed by atoms with E-state index in [0.29, 0.717) is 33.7 Å². The van der Waals surface area contributed by atoms with E-state index in [2.05, 4.69) is 38.4 Å². The maximum Gasteiger partial charge on any atom is 0.262 e. The second-order valence-corrected chi connectivity index (χ2v) is 10.7. The Hall–Kier alpha value is -2.89. The second kappa shape index (κ2) is 14.5. The molecule has 206 valence electrons. The number of amides is 2. The van der Waals surface area contributed by atoms with Crippen LogP contribution in [0, 0.1) is 15.3 Å². The first-order chi connectivity index (χ1) is 18.6. The summed E-state index contributed by atoms with van der Waals surface area (Å²) < 4.78 is 25.7. The highest BCUT2D eigenvalue weighted by molar-refractivity contribution is 14.1. The lowest BCUT2D eigenvalue weighted by Crippen LogP contribution is -2.48. The van der Waals surface area contributed by atoms with E-state index in [1.165, 1.54) is 30.5 Å². The lowest BCUT2D eigenvalue weighted by atomic mass is 10.0. The number of nitrogens with zero attached hydrogens (tertiary/aromatic N) is 1. The molecule has 0 aliphatic carbocycles. The molecule has 11 heteroatoms. The zero-order valence-electron chi connectivity index (χ0n) is 21.4. The minimum Gasteiger partial charge on any atom is -0.490 e. The Labute approximate surface area is 250 Å². The normalized spacial score (nSPS) is 11.9. The van der Waals surface area contributed by atoms with Crippen molar-refractivity contribution in [2.24, 2.45) is 11.0 Å². The summed E-state index contributed by atoms with van der Waals surface area (Å²) >= 11 is 14.4. The van der Waals surface area contributed by atoms with Gasteiger partial charge < -0.3 is 14.8 Å². The van der Waals surface area contributed by atoms with Crippen LogP contribution < -0.4 is 20.2 Å². The van der Waals surface area contributed by atoms with Gasteiger partial charge in [-0.3, -0.25) is 9.59 Å². The lowest BCUT2D eigenvalue weighted by molar-refractivity contribution is -0.123. The van der Waals surface area contributed by atoms with Crippen LogP contribution in [0.4, 0.5) is 4.39 Å². The minimum atomic E-state index is -0.853. The molecule has 0 aromatic heterocycles. The molecule has 0 spiro atoms. The van der Waals surface area contributed by atoms with Gasteiger partial charge in [0.1, 0.15) is 18.5 Å². The van der Waals surface area contributed by atoms with Gasteiger partial charge >= 0.3 is 0 Å². The molecule has 1 atom stereocenters. The van der Waals surface area contributed by atoms with Crippen LogP contribution >= 0.6 is 45.8 Å². The Morgan fingerprint density at radius 2 is 1.79 bits per heavy atom. The molecule has 0 heterocycles. The number of rotatable bonds is 11. The van der Waals surface area contributed by atoms with Gasteiger partial charge in [-0.05, 0) is 89.5 Å². The van der Waals surface area contributed by atoms with Crippen LogP contribution in [-0.2, 0) is 11.4 Å². The summed E-state index contributed by atoms with van der Waals surface area (Å²) in [4.78, 5) is 25.3. The number of hydrogen-bond acceptors (Lipinski definition) is 5. The second-order valence-electron chi connectivity index (χ2n) is 8.72. The van der Waals surface area contributed by atoms with Crippen LogP contribution in [0.5, 0.6) is 11.5 Å². The molecule has 39 heavy (non-hydrogen) atoms. The smallest absolute Gasteiger partial charge is 0.262 e. The maximum atomic E-state index is 13.2. The summed E-state index contributed by atoms with van der Waals surface area (Å²) in [7, 11) is 0. The van der Waals surface area contributed by atoms with Gasteiger partial charge in [0, 0.05) is 21.2 Å². The topological polar surface area (TPSA) is 89.0 Å². The monoisotopic (exact) mass is 685 g/mol. The highest BCUT2D eigenvalue weighted by Crippen LogP contribution is 2.35. The summed E-state index contributed by atoms with van der Waals surface area (Å²) in [5.41, 5.74) is 4.16. The third-order valence-corrected chi connectivity index (χ3v) is 6.84. The number of nitrogens with one attached hydrogen (secondary N) is 2. The summed E-state index contributed by atoms with van der Waals surface area (Å²) in [5.74, 6) is -0.593. The predicted molar refractivity (Wildman–Crippen MR) is 159 cm³/mol. The first-order valence-electron chi connectivity index (χ1n) is 12.0. The first-order valence-corrected chi connectivity index (χ1v) is 13.8. The van der Waals surface area contributed by atoms with Crippen molar-refractivity contribution in [2.75, 3.05) is 6.61 Å². The fraction of sp³-hybridized carbons (Fsp3) is 0.250. The summed E-state index contributed by atoms with van der Waals surface area (Å²) in [6.07, 6.45) is 1.47. The van der Waals surface area contributed by atoms with Crippen LogP contribution in [0.25, 0.3) is 0 Å². The van der Waals surface area contributed by atoms with Crippen molar-refractivity contribution in [1.29, 1.82) is 0 Å². The van der Waals surface area contributed by atoms with Gasteiger partial charge in [0.05, 0.1) is 16.4 Å². The molecule has 0 aliphatic heterocycles. The van der Waals surface area contributed by atoms with E-state index in [1.807, 2.05) is 13.0 Å². The Bertz CT molecular complexity index is 1350. The molecule has 7 nitrogen and oxygen atoms in total. The van der Waals surface area contributed by atoms with Crippen LogP contribution in [0.3, 0.4) is 0 Å². The third kappa shape index (κ3) is 8.81. The number of hydrazone groups is 1. The van der Waals surface area contributed by atoms with Crippen molar-refractivity contribution in [1.82, 2.24) is 10.7 Å². The average molecular weight is 686 g/mol. The quantitative estimate of drug-likeness (QED) is 0.135. The molecule has 3 aromatic carbocycles. The average Bonchev–Trinajstić information content (AvgIpc) is 2.88. The summed E-state index contributed by atoms with van der Waals surface area (Å²) in [5, 5.41) is 7.79. The third-order valence-electron chi connectivity index (χ3n) is 5.45. The van der Waals surface area contributed by atoms with Crippen molar-refractivity contribution in [3.05, 3.63) is 90.7 Å². The number of benzene rings is 3. The van der Waals surface area contributed by atoms with E-state index < -0.39 is 23.7 Å². The van der Waals surface area contributed by atoms with Gasteiger partial charge in [-0.25, -0.2) is 9.82 Å². The number of hydrogen-bond donors (Lipinski definition) is 2. The van der Waals surface area contributed by atoms with Crippen LogP contribution in [0.2, 0.25) is 10.0 Å². The number of halogens is 4. The molecule has 0 radical (unpaired) electrons. The molecule has 0 fully saturated rings. The minimum absolute atomic E-state index is 0.218. The van der Waals surface area contributed by atoms with Gasteiger partial charge in [0.25, 0.3) is 11.8 Å². The van der Waals surface area contributed by atoms with Crippen LogP contribution in [0.15, 0.2) is 59.7 Å².